The molecule has 0 spiro atoms. The molecule has 4 aromatic carbocycles. The smallest absolute Gasteiger partial charge is 0.255 e. The molecular weight excluding hydrogens is 544 g/mol. The lowest BCUT2D eigenvalue weighted by atomic mass is 10.1. The number of nitrogens with one attached hydrogen (secondary N) is 2. The maximum absolute atomic E-state index is 13.2. The lowest BCUT2D eigenvalue weighted by Crippen LogP contribution is -2.32. The van der Waals surface area contributed by atoms with Gasteiger partial charge in [-0.2, -0.15) is 0 Å². The van der Waals surface area contributed by atoms with Crippen LogP contribution in [0, 0.1) is 13.8 Å². The molecule has 1 unspecified atom stereocenters. The fourth-order valence-electron chi connectivity index (χ4n) is 3.83. The van der Waals surface area contributed by atoms with Gasteiger partial charge in [-0.15, -0.1) is 0 Å². The number of carbonyl (C=O) groups excluding carboxylic acids is 2. The number of phenols is 1. The minimum Gasteiger partial charge on any atom is -0.506 e. The summed E-state index contributed by atoms with van der Waals surface area (Å²) in [6.45, 7) is 5.01. The Morgan fingerprint density at radius 2 is 1.34 bits per heavy atom. The first-order valence-corrected chi connectivity index (χ1v) is 14.2. The third-order valence-corrected chi connectivity index (χ3v) is 8.46. The van der Waals surface area contributed by atoms with Gasteiger partial charge in [-0.3, -0.25) is 9.59 Å². The van der Waals surface area contributed by atoms with Crippen molar-refractivity contribution in [3.63, 3.8) is 0 Å². The van der Waals surface area contributed by atoms with E-state index >= 15 is 0 Å². The summed E-state index contributed by atoms with van der Waals surface area (Å²) in [6, 6.07) is 22.2. The molecule has 0 aliphatic heterocycles. The van der Waals surface area contributed by atoms with Crippen molar-refractivity contribution in [1.29, 1.82) is 0 Å². The SMILES string of the molecule is COc1ccc(Oc2cc(NC(=O)c3ccc(C)cc3)c(O)cc2NC(=O)C(C)S(=O)(=O)c2ccc(C)cc2)cc1. The van der Waals surface area contributed by atoms with Crippen LogP contribution >= 0.6 is 0 Å². The molecule has 4 rings (SSSR count). The minimum atomic E-state index is -4.01. The minimum absolute atomic E-state index is 0.00242. The van der Waals surface area contributed by atoms with Crippen molar-refractivity contribution in [2.75, 3.05) is 17.7 Å². The number of anilines is 2. The lowest BCUT2D eigenvalue weighted by Gasteiger charge is -2.18. The van der Waals surface area contributed by atoms with E-state index in [1.807, 2.05) is 13.8 Å². The third kappa shape index (κ3) is 6.85. The first kappa shape index (κ1) is 29.2. The van der Waals surface area contributed by atoms with E-state index in [4.69, 9.17) is 9.47 Å². The Balaban J connectivity index is 1.65. The van der Waals surface area contributed by atoms with Crippen LogP contribution in [0.1, 0.15) is 28.4 Å². The number of sulfone groups is 1. The van der Waals surface area contributed by atoms with Crippen LogP contribution in [0.5, 0.6) is 23.0 Å². The summed E-state index contributed by atoms with van der Waals surface area (Å²) in [5.74, 6) is -0.649. The Kier molecular flexibility index (Phi) is 8.63. The van der Waals surface area contributed by atoms with Gasteiger partial charge in [0.25, 0.3) is 5.91 Å². The number of methoxy groups -OCH3 is 1. The number of hydrogen-bond acceptors (Lipinski definition) is 7. The molecule has 0 aliphatic rings. The molecule has 0 saturated carbocycles. The molecule has 0 bridgehead atoms. The maximum Gasteiger partial charge on any atom is 0.255 e. The molecule has 0 radical (unpaired) electrons. The molecule has 1 atom stereocenters. The largest absolute Gasteiger partial charge is 0.506 e. The van der Waals surface area contributed by atoms with E-state index in [2.05, 4.69) is 10.6 Å². The van der Waals surface area contributed by atoms with Crippen LogP contribution in [-0.2, 0) is 14.6 Å². The fourth-order valence-corrected chi connectivity index (χ4v) is 5.09. The summed E-state index contributed by atoms with van der Waals surface area (Å²) in [5, 5.41) is 14.5. The molecule has 212 valence electrons. The number of hydrogen-bond donors (Lipinski definition) is 3. The van der Waals surface area contributed by atoms with Crippen molar-refractivity contribution < 1.29 is 32.6 Å². The predicted octanol–water partition coefficient (Wildman–Crippen LogP) is 5.86. The van der Waals surface area contributed by atoms with E-state index in [0.29, 0.717) is 17.1 Å². The number of aromatic hydroxyl groups is 1. The number of benzene rings is 4. The van der Waals surface area contributed by atoms with Crippen LogP contribution in [0.25, 0.3) is 0 Å². The fraction of sp³-hybridized carbons (Fsp3) is 0.161. The summed E-state index contributed by atoms with van der Waals surface area (Å²) in [5.41, 5.74) is 2.27. The first-order chi connectivity index (χ1) is 19.5. The topological polar surface area (TPSA) is 131 Å². The number of phenolic OH excluding ortho intramolecular Hbond substituents is 1. The van der Waals surface area contributed by atoms with Gasteiger partial charge in [0.1, 0.15) is 22.5 Å². The molecule has 0 saturated heterocycles. The number of carbonyl (C=O) groups is 2. The van der Waals surface area contributed by atoms with Crippen molar-refractivity contribution in [3.8, 4) is 23.0 Å². The summed E-state index contributed by atoms with van der Waals surface area (Å²) < 4.78 is 37.4. The van der Waals surface area contributed by atoms with E-state index in [9.17, 15) is 23.1 Å². The van der Waals surface area contributed by atoms with E-state index < -0.39 is 26.9 Å². The zero-order valence-corrected chi connectivity index (χ0v) is 23.8. The number of amides is 2. The van der Waals surface area contributed by atoms with E-state index in [-0.39, 0.29) is 27.8 Å². The lowest BCUT2D eigenvalue weighted by molar-refractivity contribution is -0.115. The Hall–Kier alpha value is -4.83. The average Bonchev–Trinajstić information content (AvgIpc) is 2.95. The van der Waals surface area contributed by atoms with E-state index in [0.717, 1.165) is 11.1 Å². The van der Waals surface area contributed by atoms with Crippen molar-refractivity contribution >= 4 is 33.0 Å². The highest BCUT2D eigenvalue weighted by Crippen LogP contribution is 2.39. The van der Waals surface area contributed by atoms with Crippen molar-refractivity contribution in [1.82, 2.24) is 0 Å². The Morgan fingerprint density at radius 3 is 1.93 bits per heavy atom. The van der Waals surface area contributed by atoms with Gasteiger partial charge in [0, 0.05) is 17.7 Å². The molecule has 2 amide bonds. The van der Waals surface area contributed by atoms with Crippen molar-refractivity contribution in [2.24, 2.45) is 0 Å². The first-order valence-electron chi connectivity index (χ1n) is 12.7. The molecule has 4 aromatic rings. The van der Waals surface area contributed by atoms with Crippen LogP contribution in [0.15, 0.2) is 89.8 Å². The number of ether oxygens (including phenoxy) is 2. The third-order valence-electron chi connectivity index (χ3n) is 6.39. The van der Waals surface area contributed by atoms with Crippen molar-refractivity contribution in [2.45, 2.75) is 30.9 Å². The van der Waals surface area contributed by atoms with Crippen molar-refractivity contribution in [3.05, 3.63) is 102 Å². The summed E-state index contributed by atoms with van der Waals surface area (Å²) in [6.07, 6.45) is 0. The molecule has 0 fully saturated rings. The van der Waals surface area contributed by atoms with Crippen LogP contribution in [0.3, 0.4) is 0 Å². The zero-order valence-electron chi connectivity index (χ0n) is 23.0. The highest BCUT2D eigenvalue weighted by molar-refractivity contribution is 7.92. The summed E-state index contributed by atoms with van der Waals surface area (Å²) in [4.78, 5) is 26.0. The van der Waals surface area contributed by atoms with E-state index in [1.165, 1.54) is 38.3 Å². The maximum atomic E-state index is 13.2. The van der Waals surface area contributed by atoms with Crippen LogP contribution in [0.2, 0.25) is 0 Å². The second-order valence-corrected chi connectivity index (χ2v) is 11.7. The highest BCUT2D eigenvalue weighted by Gasteiger charge is 2.30. The zero-order chi connectivity index (χ0) is 29.7. The molecule has 0 heterocycles. The molecule has 10 heteroatoms. The summed E-state index contributed by atoms with van der Waals surface area (Å²) >= 11 is 0. The van der Waals surface area contributed by atoms with Gasteiger partial charge in [0.05, 0.1) is 23.4 Å². The monoisotopic (exact) mass is 574 g/mol. The second kappa shape index (κ2) is 12.1. The van der Waals surface area contributed by atoms with Crippen LogP contribution in [0.4, 0.5) is 11.4 Å². The van der Waals surface area contributed by atoms with Crippen LogP contribution in [-0.4, -0.2) is 37.7 Å². The Morgan fingerprint density at radius 1 is 0.780 bits per heavy atom. The van der Waals surface area contributed by atoms with Gasteiger partial charge in [-0.05, 0) is 69.3 Å². The Bertz CT molecular complexity index is 1670. The molecule has 3 N–H and O–H groups in total. The Labute approximate surface area is 238 Å². The molecular formula is C31H30N2O7S. The second-order valence-electron chi connectivity index (χ2n) is 9.45. The van der Waals surface area contributed by atoms with Gasteiger partial charge >= 0.3 is 0 Å². The normalized spacial score (nSPS) is 11.8. The van der Waals surface area contributed by atoms with Gasteiger partial charge in [-0.1, -0.05) is 35.4 Å². The summed E-state index contributed by atoms with van der Waals surface area (Å²) in [7, 11) is -2.48. The van der Waals surface area contributed by atoms with Crippen LogP contribution < -0.4 is 20.1 Å². The van der Waals surface area contributed by atoms with Gasteiger partial charge in [0.2, 0.25) is 5.91 Å². The average molecular weight is 575 g/mol. The van der Waals surface area contributed by atoms with Gasteiger partial charge in [0.15, 0.2) is 15.6 Å². The quantitative estimate of drug-likeness (QED) is 0.213. The molecule has 9 nitrogen and oxygen atoms in total. The molecule has 41 heavy (non-hydrogen) atoms. The van der Waals surface area contributed by atoms with E-state index in [1.54, 1.807) is 60.7 Å². The molecule has 0 aromatic heterocycles. The number of rotatable bonds is 9. The highest BCUT2D eigenvalue weighted by atomic mass is 32.2. The molecule has 0 aliphatic carbocycles. The standard InChI is InChI=1S/C31H30N2O7S/c1-19-5-9-22(10-6-19)31(36)32-26-18-29(40-24-13-11-23(39-4)12-14-24)27(17-28(26)34)33-30(35)21(3)41(37,38)25-15-7-20(2)8-16-25/h5-18,21,34H,1-4H3,(H,32,36)(H,33,35). The predicted molar refractivity (Wildman–Crippen MR) is 157 cm³/mol. The van der Waals surface area contributed by atoms with Gasteiger partial charge in [-0.25, -0.2) is 8.42 Å². The van der Waals surface area contributed by atoms with Gasteiger partial charge < -0.3 is 25.2 Å². The number of aryl methyl sites for hydroxylation is 2.